The number of fused-ring (bicyclic) bond motifs is 3. The summed E-state index contributed by atoms with van der Waals surface area (Å²) in [6.45, 7) is 10.0. The Morgan fingerprint density at radius 1 is 1.13 bits per heavy atom. The van der Waals surface area contributed by atoms with Gasteiger partial charge in [0.05, 0.1) is 29.5 Å². The highest BCUT2D eigenvalue weighted by Crippen LogP contribution is 2.81. The number of hydrogen-bond donors (Lipinski definition) is 1. The van der Waals surface area contributed by atoms with E-state index in [1.165, 1.54) is 5.56 Å². The largest absolute Gasteiger partial charge is 0.504 e. The summed E-state index contributed by atoms with van der Waals surface area (Å²) in [5.74, 6) is -0.312. The van der Waals surface area contributed by atoms with E-state index in [1.807, 2.05) is 39.2 Å². The second-order valence-corrected chi connectivity index (χ2v) is 11.6. The molecule has 4 aliphatic carbocycles. The van der Waals surface area contributed by atoms with Crippen LogP contribution in [0.1, 0.15) is 65.4 Å². The second kappa shape index (κ2) is 5.25. The van der Waals surface area contributed by atoms with E-state index in [-0.39, 0.29) is 40.7 Å². The topological polar surface area (TPSA) is 80.0 Å². The number of aliphatic hydroxyl groups is 1. The Morgan fingerprint density at radius 2 is 1.87 bits per heavy atom. The normalized spacial score (nSPS) is 49.4. The first-order chi connectivity index (χ1) is 14.5. The first-order valence-corrected chi connectivity index (χ1v) is 11.4. The van der Waals surface area contributed by atoms with Gasteiger partial charge in [0, 0.05) is 10.8 Å². The first kappa shape index (κ1) is 19.5. The van der Waals surface area contributed by atoms with Gasteiger partial charge in [-0.2, -0.15) is 0 Å². The van der Waals surface area contributed by atoms with Crippen LogP contribution in [-0.4, -0.2) is 28.4 Å². The lowest BCUT2D eigenvalue weighted by molar-refractivity contribution is -0.162. The summed E-state index contributed by atoms with van der Waals surface area (Å²) in [6.07, 6.45) is 9.76. The number of furan rings is 1. The molecule has 5 aliphatic rings. The second-order valence-electron chi connectivity index (χ2n) is 11.6. The molecule has 0 amide bonds. The average Bonchev–Trinajstić information content (AvgIpc) is 3.07. The van der Waals surface area contributed by atoms with Crippen LogP contribution >= 0.6 is 0 Å². The zero-order chi connectivity index (χ0) is 22.2. The van der Waals surface area contributed by atoms with Crippen molar-refractivity contribution in [3.05, 3.63) is 47.6 Å². The van der Waals surface area contributed by atoms with Gasteiger partial charge in [-0.25, -0.2) is 0 Å². The van der Waals surface area contributed by atoms with Crippen LogP contribution in [0.2, 0.25) is 0 Å². The van der Waals surface area contributed by atoms with E-state index in [9.17, 15) is 14.7 Å². The lowest BCUT2D eigenvalue weighted by Gasteiger charge is -2.62. The number of aliphatic hydroxyl groups excluding tert-OH is 1. The minimum Gasteiger partial charge on any atom is -0.504 e. The van der Waals surface area contributed by atoms with Gasteiger partial charge >= 0.3 is 0 Å². The quantitative estimate of drug-likeness (QED) is 0.652. The molecule has 0 unspecified atom stereocenters. The standard InChI is InChI=1S/C26H30O5/c1-22(2)17(27)7-9-23(3)16-6-10-24(4)15(14-8-11-30-13-14)12-18-26(24,31-18)25(16,5)21(29)19(28)20(22)23/h7-9,11,13,15-16,18,28H,6,10,12H2,1-5H3/t15-,16+,18+,23-,24-,25-,26-/m0/s1. The third kappa shape index (κ3) is 1.80. The molecule has 1 spiro atoms. The van der Waals surface area contributed by atoms with Crippen molar-refractivity contribution in [2.75, 3.05) is 0 Å². The van der Waals surface area contributed by atoms with E-state index >= 15 is 0 Å². The van der Waals surface area contributed by atoms with Crippen molar-refractivity contribution >= 4 is 11.6 Å². The van der Waals surface area contributed by atoms with Crippen molar-refractivity contribution in [2.45, 2.75) is 71.5 Å². The molecule has 1 aromatic heterocycles. The minimum atomic E-state index is -0.901. The molecule has 0 bridgehead atoms. The monoisotopic (exact) mass is 422 g/mol. The molecule has 0 radical (unpaired) electrons. The fraction of sp³-hybridized carbons (Fsp3) is 0.615. The first-order valence-electron chi connectivity index (χ1n) is 11.4. The molecule has 5 heteroatoms. The number of carbonyl (C=O) groups excluding carboxylic acids is 2. The molecule has 1 saturated heterocycles. The van der Waals surface area contributed by atoms with Gasteiger partial charge < -0.3 is 14.3 Å². The van der Waals surface area contributed by atoms with Crippen molar-refractivity contribution < 1.29 is 23.8 Å². The van der Waals surface area contributed by atoms with Crippen LogP contribution in [0.15, 0.2) is 46.5 Å². The minimum absolute atomic E-state index is 0.00527. The summed E-state index contributed by atoms with van der Waals surface area (Å²) in [5.41, 5.74) is -1.40. The van der Waals surface area contributed by atoms with Crippen molar-refractivity contribution in [2.24, 2.45) is 27.6 Å². The molecule has 164 valence electrons. The molecule has 31 heavy (non-hydrogen) atoms. The zero-order valence-electron chi connectivity index (χ0n) is 18.8. The smallest absolute Gasteiger partial charge is 0.206 e. The Kier molecular flexibility index (Phi) is 3.31. The van der Waals surface area contributed by atoms with Gasteiger partial charge in [-0.1, -0.05) is 19.9 Å². The van der Waals surface area contributed by atoms with Crippen LogP contribution in [0.4, 0.5) is 0 Å². The molecule has 2 heterocycles. The number of Topliss-reactive ketones (excluding diaryl/α,β-unsaturated/α-hetero) is 1. The van der Waals surface area contributed by atoms with E-state index < -0.39 is 21.8 Å². The number of ketones is 2. The van der Waals surface area contributed by atoms with Gasteiger partial charge in [0.1, 0.15) is 5.60 Å². The lowest BCUT2D eigenvalue weighted by Crippen LogP contribution is -2.66. The maximum Gasteiger partial charge on any atom is 0.206 e. The maximum absolute atomic E-state index is 14.0. The maximum atomic E-state index is 14.0. The SMILES string of the molecule is CC1(C)C(=O)C=C[C@]2(C)C1=C(O)C(=O)[C@]1(C)[C@@H]2CC[C@@]2(C)[C@H](c3ccoc3)C[C@H]3O[C@@]321. The van der Waals surface area contributed by atoms with Crippen LogP contribution in [-0.2, 0) is 14.3 Å². The Hall–Kier alpha value is -2.14. The van der Waals surface area contributed by atoms with Crippen molar-refractivity contribution in [1.82, 2.24) is 0 Å². The molecular formula is C26H30O5. The summed E-state index contributed by atoms with van der Waals surface area (Å²) < 4.78 is 11.9. The van der Waals surface area contributed by atoms with E-state index in [4.69, 9.17) is 9.15 Å². The van der Waals surface area contributed by atoms with E-state index in [0.29, 0.717) is 5.57 Å². The lowest BCUT2D eigenvalue weighted by atomic mass is 9.39. The number of hydrogen-bond acceptors (Lipinski definition) is 5. The van der Waals surface area contributed by atoms with E-state index in [0.717, 1.165) is 19.3 Å². The summed E-state index contributed by atoms with van der Waals surface area (Å²) in [4.78, 5) is 26.7. The predicted molar refractivity (Wildman–Crippen MR) is 113 cm³/mol. The third-order valence-corrected chi connectivity index (χ3v) is 10.2. The van der Waals surface area contributed by atoms with E-state index in [2.05, 4.69) is 13.8 Å². The van der Waals surface area contributed by atoms with Gasteiger partial charge in [0.2, 0.25) is 5.78 Å². The Balaban J connectivity index is 1.57. The van der Waals surface area contributed by atoms with Gasteiger partial charge in [-0.05, 0) is 75.1 Å². The van der Waals surface area contributed by atoms with Crippen LogP contribution in [0, 0.1) is 27.6 Å². The molecule has 5 nitrogen and oxygen atoms in total. The summed E-state index contributed by atoms with van der Waals surface area (Å²) in [5, 5.41) is 11.4. The number of ether oxygens (including phenoxy) is 1. The van der Waals surface area contributed by atoms with Crippen molar-refractivity contribution in [3.8, 4) is 0 Å². The number of epoxide rings is 1. The fourth-order valence-electron chi connectivity index (χ4n) is 8.78. The van der Waals surface area contributed by atoms with Crippen LogP contribution in [0.5, 0.6) is 0 Å². The summed E-state index contributed by atoms with van der Waals surface area (Å²) in [6, 6.07) is 2.03. The highest BCUT2D eigenvalue weighted by molar-refractivity contribution is 6.06. The molecule has 6 rings (SSSR count). The molecule has 3 fully saturated rings. The summed E-state index contributed by atoms with van der Waals surface area (Å²) in [7, 11) is 0. The third-order valence-electron chi connectivity index (χ3n) is 10.2. The zero-order valence-corrected chi connectivity index (χ0v) is 18.8. The molecular weight excluding hydrogens is 392 g/mol. The summed E-state index contributed by atoms with van der Waals surface area (Å²) >= 11 is 0. The molecule has 0 aromatic carbocycles. The van der Waals surface area contributed by atoms with Gasteiger partial charge in [0.15, 0.2) is 11.5 Å². The van der Waals surface area contributed by atoms with Gasteiger partial charge in [-0.3, -0.25) is 9.59 Å². The van der Waals surface area contributed by atoms with Crippen molar-refractivity contribution in [3.63, 3.8) is 0 Å². The number of carbonyl (C=O) groups is 2. The molecule has 2 saturated carbocycles. The number of allylic oxidation sites excluding steroid dienone is 4. The Labute approximate surface area is 182 Å². The molecule has 1 aromatic rings. The highest BCUT2D eigenvalue weighted by atomic mass is 16.6. The van der Waals surface area contributed by atoms with Crippen LogP contribution < -0.4 is 0 Å². The average molecular weight is 423 g/mol. The van der Waals surface area contributed by atoms with Crippen LogP contribution in [0.3, 0.4) is 0 Å². The Morgan fingerprint density at radius 3 is 2.55 bits per heavy atom. The van der Waals surface area contributed by atoms with Crippen LogP contribution in [0.25, 0.3) is 0 Å². The van der Waals surface area contributed by atoms with E-state index in [1.54, 1.807) is 12.3 Å². The van der Waals surface area contributed by atoms with Gasteiger partial charge in [-0.15, -0.1) is 0 Å². The van der Waals surface area contributed by atoms with Crippen molar-refractivity contribution in [1.29, 1.82) is 0 Å². The predicted octanol–water partition coefficient (Wildman–Crippen LogP) is 4.89. The molecule has 7 atom stereocenters. The Bertz CT molecular complexity index is 1090. The molecule has 1 aliphatic heterocycles. The van der Waals surface area contributed by atoms with Gasteiger partial charge in [0.25, 0.3) is 0 Å². The molecule has 1 N–H and O–H groups in total. The number of rotatable bonds is 1. The fourth-order valence-corrected chi connectivity index (χ4v) is 8.78. The highest BCUT2D eigenvalue weighted by Gasteiger charge is 2.87.